The van der Waals surface area contributed by atoms with Gasteiger partial charge in [0.05, 0.1) is 6.07 Å². The molecule has 2 rings (SSSR count). The maximum atomic E-state index is 8.67. The number of rotatable bonds is 3. The zero-order valence-electron chi connectivity index (χ0n) is 9.95. The Kier molecular flexibility index (Phi) is 4.62. The molecule has 1 heterocycles. The maximum absolute atomic E-state index is 8.67. The molecule has 1 aliphatic heterocycles. The normalized spacial score (nSPS) is 32.2. The van der Waals surface area contributed by atoms with E-state index in [0.717, 1.165) is 32.5 Å². The van der Waals surface area contributed by atoms with E-state index in [0.29, 0.717) is 18.0 Å². The van der Waals surface area contributed by atoms with E-state index < -0.39 is 0 Å². The summed E-state index contributed by atoms with van der Waals surface area (Å²) in [6.45, 7) is 1.84. The van der Waals surface area contributed by atoms with Crippen LogP contribution in [-0.2, 0) is 4.74 Å². The van der Waals surface area contributed by atoms with Crippen LogP contribution in [0.5, 0.6) is 0 Å². The Morgan fingerprint density at radius 1 is 1.00 bits per heavy atom. The van der Waals surface area contributed by atoms with Crippen LogP contribution in [0.2, 0.25) is 0 Å². The van der Waals surface area contributed by atoms with Crippen molar-refractivity contribution in [3.63, 3.8) is 0 Å². The molecule has 1 saturated heterocycles. The summed E-state index contributed by atoms with van der Waals surface area (Å²) in [5.74, 6) is 0.665. The average molecular weight is 222 g/mol. The smallest absolute Gasteiger partial charge is 0.0624 e. The average Bonchev–Trinajstić information content (AvgIpc) is 2.33. The molecular formula is C13H22N2O. The Labute approximate surface area is 98.2 Å². The topological polar surface area (TPSA) is 45.0 Å². The second kappa shape index (κ2) is 6.22. The Morgan fingerprint density at radius 3 is 2.25 bits per heavy atom. The summed E-state index contributed by atoms with van der Waals surface area (Å²) >= 11 is 0. The molecule has 0 spiro atoms. The molecule has 0 bridgehead atoms. The maximum Gasteiger partial charge on any atom is 0.0624 e. The highest BCUT2D eigenvalue weighted by molar-refractivity contribution is 4.85. The lowest BCUT2D eigenvalue weighted by molar-refractivity contribution is 0.0723. The van der Waals surface area contributed by atoms with Crippen LogP contribution in [0.25, 0.3) is 0 Å². The molecule has 0 amide bonds. The van der Waals surface area contributed by atoms with E-state index in [9.17, 15) is 0 Å². The summed E-state index contributed by atoms with van der Waals surface area (Å²) in [6, 6.07) is 3.66. The minimum atomic E-state index is 0.665. The number of nitrogens with one attached hydrogen (secondary N) is 1. The molecule has 3 nitrogen and oxygen atoms in total. The van der Waals surface area contributed by atoms with E-state index >= 15 is 0 Å². The van der Waals surface area contributed by atoms with Gasteiger partial charge in [0.15, 0.2) is 0 Å². The van der Waals surface area contributed by atoms with Crippen molar-refractivity contribution in [3.05, 3.63) is 0 Å². The molecule has 0 atom stereocenters. The van der Waals surface area contributed by atoms with Crippen LogP contribution in [0.4, 0.5) is 0 Å². The fourth-order valence-electron chi connectivity index (χ4n) is 2.86. The third kappa shape index (κ3) is 3.47. The van der Waals surface area contributed by atoms with Gasteiger partial charge in [0.2, 0.25) is 0 Å². The fourth-order valence-corrected chi connectivity index (χ4v) is 2.86. The highest BCUT2D eigenvalue weighted by atomic mass is 16.5. The Morgan fingerprint density at radius 2 is 1.62 bits per heavy atom. The number of nitrogens with zero attached hydrogens (tertiary/aromatic N) is 1. The Hall–Kier alpha value is -0.590. The van der Waals surface area contributed by atoms with E-state index in [2.05, 4.69) is 11.4 Å². The van der Waals surface area contributed by atoms with Gasteiger partial charge in [-0.1, -0.05) is 0 Å². The van der Waals surface area contributed by atoms with Crippen molar-refractivity contribution >= 4 is 0 Å². The summed E-state index contributed by atoms with van der Waals surface area (Å²) in [6.07, 6.45) is 8.05. The van der Waals surface area contributed by atoms with E-state index in [1.807, 2.05) is 0 Å². The minimum absolute atomic E-state index is 0.665. The molecule has 1 aliphatic carbocycles. The van der Waals surface area contributed by atoms with Gasteiger partial charge in [-0.2, -0.15) is 5.26 Å². The van der Waals surface area contributed by atoms with Gasteiger partial charge in [0.25, 0.3) is 0 Å². The van der Waals surface area contributed by atoms with Crippen LogP contribution >= 0.6 is 0 Å². The summed E-state index contributed by atoms with van der Waals surface area (Å²) in [5.41, 5.74) is 0. The molecule has 0 unspecified atom stereocenters. The van der Waals surface area contributed by atoms with E-state index in [-0.39, 0.29) is 0 Å². The highest BCUT2D eigenvalue weighted by Gasteiger charge is 2.23. The van der Waals surface area contributed by atoms with Crippen LogP contribution in [0.1, 0.15) is 44.9 Å². The number of hydrogen-bond donors (Lipinski definition) is 1. The molecule has 1 saturated carbocycles. The van der Waals surface area contributed by atoms with Crippen molar-refractivity contribution in [3.8, 4) is 6.07 Å². The van der Waals surface area contributed by atoms with Crippen molar-refractivity contribution in [2.75, 3.05) is 13.2 Å². The largest absolute Gasteiger partial charge is 0.381 e. The van der Waals surface area contributed by atoms with Gasteiger partial charge in [-0.25, -0.2) is 0 Å². The van der Waals surface area contributed by atoms with Crippen LogP contribution in [-0.4, -0.2) is 25.3 Å². The van der Waals surface area contributed by atoms with Crippen LogP contribution in [0.15, 0.2) is 0 Å². The predicted octanol–water partition coefficient (Wildman–Crippen LogP) is 2.23. The fraction of sp³-hybridized carbons (Fsp3) is 0.923. The lowest BCUT2D eigenvalue weighted by atomic mass is 9.84. The molecular weight excluding hydrogens is 200 g/mol. The molecule has 1 N–H and O–H groups in total. The Bertz CT molecular complexity index is 235. The number of hydrogen-bond acceptors (Lipinski definition) is 3. The van der Waals surface area contributed by atoms with Gasteiger partial charge < -0.3 is 10.1 Å². The molecule has 3 heteroatoms. The molecule has 0 radical (unpaired) electrons. The first kappa shape index (κ1) is 11.9. The lowest BCUT2D eigenvalue weighted by Crippen LogP contribution is -2.43. The summed E-state index contributed by atoms with van der Waals surface area (Å²) in [7, 11) is 0. The number of ether oxygens (including phenoxy) is 1. The standard InChI is InChI=1S/C13H22N2O/c14-8-5-11-1-3-12(4-2-11)15-13-6-9-16-10-7-13/h11-13,15H,1-7,9-10H2. The van der Waals surface area contributed by atoms with E-state index in [4.69, 9.17) is 10.00 Å². The summed E-state index contributed by atoms with van der Waals surface area (Å²) in [4.78, 5) is 0. The number of nitriles is 1. The third-order valence-corrected chi connectivity index (χ3v) is 3.92. The predicted molar refractivity (Wildman–Crippen MR) is 63.0 cm³/mol. The van der Waals surface area contributed by atoms with Crippen LogP contribution in [0, 0.1) is 17.2 Å². The van der Waals surface area contributed by atoms with Crippen molar-refractivity contribution in [2.24, 2.45) is 5.92 Å². The van der Waals surface area contributed by atoms with Crippen molar-refractivity contribution in [1.82, 2.24) is 5.32 Å². The van der Waals surface area contributed by atoms with Gasteiger partial charge in [0.1, 0.15) is 0 Å². The first-order valence-electron chi connectivity index (χ1n) is 6.59. The van der Waals surface area contributed by atoms with Crippen molar-refractivity contribution in [2.45, 2.75) is 57.0 Å². The lowest BCUT2D eigenvalue weighted by Gasteiger charge is -2.33. The van der Waals surface area contributed by atoms with Gasteiger partial charge in [-0.3, -0.25) is 0 Å². The van der Waals surface area contributed by atoms with Gasteiger partial charge in [-0.05, 0) is 44.4 Å². The molecule has 16 heavy (non-hydrogen) atoms. The second-order valence-electron chi connectivity index (χ2n) is 5.13. The molecule has 90 valence electrons. The van der Waals surface area contributed by atoms with Gasteiger partial charge >= 0.3 is 0 Å². The van der Waals surface area contributed by atoms with E-state index in [1.54, 1.807) is 0 Å². The molecule has 2 fully saturated rings. The second-order valence-corrected chi connectivity index (χ2v) is 5.13. The third-order valence-electron chi connectivity index (χ3n) is 3.92. The summed E-state index contributed by atoms with van der Waals surface area (Å²) in [5, 5.41) is 12.4. The molecule has 0 aromatic rings. The SMILES string of the molecule is N#CCC1CCC(NC2CCOCC2)CC1. The van der Waals surface area contributed by atoms with Crippen molar-refractivity contribution in [1.29, 1.82) is 5.26 Å². The minimum Gasteiger partial charge on any atom is -0.381 e. The Balaban J connectivity index is 1.66. The first-order chi connectivity index (χ1) is 7.88. The van der Waals surface area contributed by atoms with Gasteiger partial charge in [-0.15, -0.1) is 0 Å². The quantitative estimate of drug-likeness (QED) is 0.796. The zero-order chi connectivity index (χ0) is 11.2. The van der Waals surface area contributed by atoms with Crippen LogP contribution in [0.3, 0.4) is 0 Å². The highest BCUT2D eigenvalue weighted by Crippen LogP contribution is 2.27. The zero-order valence-corrected chi connectivity index (χ0v) is 9.95. The molecule has 2 aliphatic rings. The first-order valence-corrected chi connectivity index (χ1v) is 6.59. The van der Waals surface area contributed by atoms with Crippen LogP contribution < -0.4 is 5.32 Å². The molecule has 0 aromatic carbocycles. The monoisotopic (exact) mass is 222 g/mol. The molecule has 0 aromatic heterocycles. The van der Waals surface area contributed by atoms with Crippen molar-refractivity contribution < 1.29 is 4.74 Å². The summed E-state index contributed by atoms with van der Waals surface area (Å²) < 4.78 is 5.36. The van der Waals surface area contributed by atoms with E-state index in [1.165, 1.54) is 25.7 Å². The van der Waals surface area contributed by atoms with Gasteiger partial charge in [0, 0.05) is 31.7 Å².